The number of fused-ring (bicyclic) bond motifs is 1. The fraction of sp³-hybridized carbons (Fsp3) is 0.462. The van der Waals surface area contributed by atoms with Gasteiger partial charge in [0, 0.05) is 32.2 Å². The molecule has 4 N–H and O–H groups in total. The van der Waals surface area contributed by atoms with Gasteiger partial charge in [0.1, 0.15) is 5.52 Å². The van der Waals surface area contributed by atoms with Crippen molar-refractivity contribution in [1.29, 1.82) is 0 Å². The Bertz CT molecular complexity index is 1300. The summed E-state index contributed by atoms with van der Waals surface area (Å²) in [7, 11) is -0.152. The molecule has 3 rings (SSSR count). The van der Waals surface area contributed by atoms with Crippen molar-refractivity contribution in [3.63, 3.8) is 0 Å². The van der Waals surface area contributed by atoms with Crippen molar-refractivity contribution in [2.45, 2.75) is 37.3 Å². The quantitative estimate of drug-likeness (QED) is 0.239. The van der Waals surface area contributed by atoms with Gasteiger partial charge in [0.2, 0.25) is 10.0 Å². The summed E-state index contributed by atoms with van der Waals surface area (Å²) in [6.07, 6.45) is -2.38. The molecule has 0 fully saturated rings. The molecule has 0 spiro atoms. The molecule has 0 saturated carbocycles. The van der Waals surface area contributed by atoms with Crippen LogP contribution in [0.2, 0.25) is 0 Å². The number of likely N-dealkylation sites (N-methyl/N-ethyl adjacent to an activating group) is 1. The second-order valence-corrected chi connectivity index (χ2v) is 11.8. The maximum atomic E-state index is 13.7. The lowest BCUT2D eigenvalue weighted by Gasteiger charge is -2.30. The Morgan fingerprint density at radius 2 is 1.82 bits per heavy atom. The van der Waals surface area contributed by atoms with Gasteiger partial charge in [-0.15, -0.1) is 0 Å². The predicted molar refractivity (Wildman–Crippen MR) is 146 cm³/mol. The molecule has 2 atom stereocenters. The average Bonchev–Trinajstić information content (AvgIpc) is 3.25. The normalized spacial score (nSPS) is 13.8. The molecular formula is C26H37N5O6S. The molecule has 0 radical (unpaired) electrons. The molecule has 38 heavy (non-hydrogen) atoms. The van der Waals surface area contributed by atoms with Crippen LogP contribution in [0.25, 0.3) is 11.1 Å². The van der Waals surface area contributed by atoms with Crippen LogP contribution in [-0.2, 0) is 16.4 Å². The molecule has 0 bridgehead atoms. The second-order valence-electron chi connectivity index (χ2n) is 9.91. The number of nitrogens with one attached hydrogen (secondary N) is 2. The average molecular weight is 548 g/mol. The van der Waals surface area contributed by atoms with Gasteiger partial charge in [-0.3, -0.25) is 0 Å². The number of sulfonamides is 1. The summed E-state index contributed by atoms with van der Waals surface area (Å²) in [4.78, 5) is 17.8. The maximum absolute atomic E-state index is 13.7. The van der Waals surface area contributed by atoms with Crippen LogP contribution in [0.3, 0.4) is 0 Å². The van der Waals surface area contributed by atoms with E-state index in [0.717, 1.165) is 12.1 Å². The first-order valence-electron chi connectivity index (χ1n) is 12.5. The first-order chi connectivity index (χ1) is 18.0. The lowest BCUT2D eigenvalue weighted by Crippen LogP contribution is -2.50. The van der Waals surface area contributed by atoms with Gasteiger partial charge in [-0.25, -0.2) is 13.2 Å². The van der Waals surface area contributed by atoms with Crippen LogP contribution in [0.4, 0.5) is 10.8 Å². The molecule has 0 saturated heterocycles. The van der Waals surface area contributed by atoms with E-state index in [4.69, 9.17) is 4.42 Å². The van der Waals surface area contributed by atoms with Crippen LogP contribution in [0.15, 0.2) is 57.8 Å². The first kappa shape index (κ1) is 29.4. The minimum absolute atomic E-state index is 0.000329. The Morgan fingerprint density at radius 1 is 1.11 bits per heavy atom. The van der Waals surface area contributed by atoms with Crippen molar-refractivity contribution in [2.75, 3.05) is 45.6 Å². The summed E-state index contributed by atoms with van der Waals surface area (Å²) in [6, 6.07) is 13.0. The highest BCUT2D eigenvalue weighted by atomic mass is 32.2. The zero-order valence-electron chi connectivity index (χ0n) is 22.2. The highest BCUT2D eigenvalue weighted by Gasteiger charge is 2.31. The number of hydrogen-bond acceptors (Lipinski definition) is 8. The zero-order valence-corrected chi connectivity index (χ0v) is 23.0. The molecule has 2 unspecified atom stereocenters. The third kappa shape index (κ3) is 8.15. The Kier molecular flexibility index (Phi) is 10.1. The third-order valence-electron chi connectivity index (χ3n) is 5.86. The molecule has 12 heteroatoms. The molecule has 1 aromatic heterocycles. The summed E-state index contributed by atoms with van der Waals surface area (Å²) in [5, 5.41) is 25.8. The largest absolute Gasteiger partial charge is 0.465 e. The molecular weight excluding hydrogens is 510 g/mol. The smallest absolute Gasteiger partial charge is 0.404 e. The van der Waals surface area contributed by atoms with E-state index in [1.54, 1.807) is 6.07 Å². The fourth-order valence-electron chi connectivity index (χ4n) is 4.00. The predicted octanol–water partition coefficient (Wildman–Crippen LogP) is 2.69. The van der Waals surface area contributed by atoms with Crippen molar-refractivity contribution in [2.24, 2.45) is 5.92 Å². The van der Waals surface area contributed by atoms with Crippen LogP contribution >= 0.6 is 0 Å². The Balaban J connectivity index is 1.84. The third-order valence-corrected chi connectivity index (χ3v) is 7.69. The van der Waals surface area contributed by atoms with Crippen molar-refractivity contribution in [1.82, 2.24) is 19.5 Å². The zero-order chi connectivity index (χ0) is 27.9. The maximum Gasteiger partial charge on any atom is 0.404 e. The van der Waals surface area contributed by atoms with Crippen molar-refractivity contribution >= 4 is 33.2 Å². The van der Waals surface area contributed by atoms with E-state index in [9.17, 15) is 23.4 Å². The number of rotatable bonds is 14. The Hall–Kier alpha value is -3.19. The van der Waals surface area contributed by atoms with E-state index < -0.39 is 28.3 Å². The van der Waals surface area contributed by atoms with Gasteiger partial charge >= 0.3 is 6.09 Å². The minimum Gasteiger partial charge on any atom is -0.465 e. The summed E-state index contributed by atoms with van der Waals surface area (Å²) in [6.45, 7) is 4.97. The van der Waals surface area contributed by atoms with Crippen LogP contribution in [0.5, 0.6) is 0 Å². The number of anilines is 1. The number of nitrogens with zero attached hydrogens (tertiary/aromatic N) is 3. The van der Waals surface area contributed by atoms with Gasteiger partial charge in [-0.05, 0) is 44.1 Å². The Labute approximate surface area is 223 Å². The van der Waals surface area contributed by atoms with Gasteiger partial charge in [-0.1, -0.05) is 44.2 Å². The second kappa shape index (κ2) is 13.1. The highest BCUT2D eigenvalue weighted by Crippen LogP contribution is 2.25. The minimum atomic E-state index is -4.05. The first-order valence-corrected chi connectivity index (χ1v) is 13.9. The molecule has 1 heterocycles. The number of carbonyl (C=O) groups is 1. The number of aliphatic hydroxyl groups excluding tert-OH is 1. The summed E-state index contributed by atoms with van der Waals surface area (Å²) in [5.74, 6) is -0.0431. The molecule has 3 aromatic rings. The topological polar surface area (TPSA) is 148 Å². The number of hydrogen-bond donors (Lipinski definition) is 4. The van der Waals surface area contributed by atoms with E-state index in [1.165, 1.54) is 16.4 Å². The Morgan fingerprint density at radius 3 is 2.45 bits per heavy atom. The van der Waals surface area contributed by atoms with Gasteiger partial charge in [0.05, 0.1) is 17.0 Å². The van der Waals surface area contributed by atoms with Crippen LogP contribution in [0.1, 0.15) is 19.4 Å². The molecule has 208 valence electrons. The lowest BCUT2D eigenvalue weighted by atomic mass is 10.0. The van der Waals surface area contributed by atoms with Gasteiger partial charge < -0.3 is 30.2 Å². The number of aromatic nitrogens is 1. The van der Waals surface area contributed by atoms with Crippen molar-refractivity contribution in [3.8, 4) is 0 Å². The fourth-order valence-corrected chi connectivity index (χ4v) is 5.64. The number of amides is 1. The monoisotopic (exact) mass is 547 g/mol. The molecule has 0 aliphatic rings. The molecule has 11 nitrogen and oxygen atoms in total. The van der Waals surface area contributed by atoms with Crippen LogP contribution in [0, 0.1) is 5.92 Å². The van der Waals surface area contributed by atoms with E-state index in [-0.39, 0.29) is 30.3 Å². The molecule has 0 aliphatic carbocycles. The van der Waals surface area contributed by atoms with Crippen molar-refractivity contribution in [3.05, 3.63) is 54.1 Å². The lowest BCUT2D eigenvalue weighted by molar-refractivity contribution is 0.0980. The molecule has 2 aromatic carbocycles. The summed E-state index contributed by atoms with van der Waals surface area (Å²) >= 11 is 0. The SMILES string of the molecule is CC(C)CN(CC(O)C(Cc1ccccc1)NC(=O)O)S(=O)(=O)c1ccc2nc(NCCN(C)C)oc2c1. The number of oxazole rings is 1. The number of carboxylic acid groups (broad SMARTS) is 1. The van der Waals surface area contributed by atoms with Gasteiger partial charge in [-0.2, -0.15) is 9.29 Å². The van der Waals surface area contributed by atoms with Gasteiger partial charge in [0.25, 0.3) is 6.01 Å². The van der Waals surface area contributed by atoms with E-state index >= 15 is 0 Å². The van der Waals surface area contributed by atoms with Gasteiger partial charge in [0.15, 0.2) is 5.58 Å². The van der Waals surface area contributed by atoms with Crippen LogP contribution in [-0.4, -0.2) is 91.3 Å². The molecule has 1 amide bonds. The van der Waals surface area contributed by atoms with E-state index in [0.29, 0.717) is 23.7 Å². The van der Waals surface area contributed by atoms with E-state index in [1.807, 2.05) is 63.2 Å². The highest BCUT2D eigenvalue weighted by molar-refractivity contribution is 7.89. The molecule has 0 aliphatic heterocycles. The standard InChI is InChI=1S/C26H37N5O6S/c1-18(2)16-31(17-23(32)22(29-26(33)34)14-19-8-6-5-7-9-19)38(35,36)20-10-11-21-24(15-20)37-25(28-21)27-12-13-30(3)4/h5-11,15,18,22-23,29,32H,12-14,16-17H2,1-4H3,(H,27,28)(H,33,34). The van der Waals surface area contributed by atoms with Crippen LogP contribution < -0.4 is 10.6 Å². The van der Waals surface area contributed by atoms with E-state index in [2.05, 4.69) is 15.6 Å². The number of benzene rings is 2. The summed E-state index contributed by atoms with van der Waals surface area (Å²) < 4.78 is 34.3. The number of aliphatic hydroxyl groups is 1. The summed E-state index contributed by atoms with van der Waals surface area (Å²) in [5.41, 5.74) is 1.65. The van der Waals surface area contributed by atoms with Crippen molar-refractivity contribution < 1.29 is 27.8 Å².